The lowest BCUT2D eigenvalue weighted by Crippen LogP contribution is -2.52. The zero-order valence-corrected chi connectivity index (χ0v) is 11.8. The highest BCUT2D eigenvalue weighted by Crippen LogP contribution is 2.15. The molecule has 1 rings (SSSR count). The molecule has 1 amide bonds. The Hall–Kier alpha value is -0.570. The van der Waals surface area contributed by atoms with Gasteiger partial charge in [0.2, 0.25) is 5.91 Å². The van der Waals surface area contributed by atoms with Gasteiger partial charge in [0.15, 0.2) is 0 Å². The molecule has 1 saturated heterocycles. The first kappa shape index (κ1) is 14.5. The number of nitrogens with one attached hydrogen (secondary N) is 2. The van der Waals surface area contributed by atoms with Gasteiger partial charge in [-0.05, 0) is 37.5 Å². The first-order chi connectivity index (χ1) is 7.99. The minimum atomic E-state index is 0.0336. The van der Waals surface area contributed by atoms with Crippen molar-refractivity contribution in [2.75, 3.05) is 6.54 Å². The van der Waals surface area contributed by atoms with E-state index in [-0.39, 0.29) is 11.9 Å². The van der Waals surface area contributed by atoms with E-state index in [1.165, 1.54) is 0 Å². The minimum absolute atomic E-state index is 0.0336. The fourth-order valence-corrected chi connectivity index (χ4v) is 2.59. The summed E-state index contributed by atoms with van der Waals surface area (Å²) in [6.07, 6.45) is 4.39. The molecule has 1 heterocycles. The lowest BCUT2D eigenvalue weighted by atomic mass is 9.94. The van der Waals surface area contributed by atoms with Crippen molar-refractivity contribution in [1.29, 1.82) is 0 Å². The summed E-state index contributed by atoms with van der Waals surface area (Å²) in [6, 6.07) is 0.509. The van der Waals surface area contributed by atoms with Gasteiger partial charge >= 0.3 is 0 Å². The van der Waals surface area contributed by atoms with Crippen LogP contribution >= 0.6 is 0 Å². The summed E-state index contributed by atoms with van der Waals surface area (Å²) < 4.78 is 0. The number of carbonyl (C=O) groups excluding carboxylic acids is 1. The Bertz CT molecular complexity index is 228. The van der Waals surface area contributed by atoms with Gasteiger partial charge in [-0.15, -0.1) is 0 Å². The van der Waals surface area contributed by atoms with Crippen molar-refractivity contribution >= 4 is 5.91 Å². The first-order valence-electron chi connectivity index (χ1n) is 7.02. The average Bonchev–Trinajstić information content (AvgIpc) is 2.19. The molecule has 1 atom stereocenters. The fraction of sp³-hybridized carbons (Fsp3) is 0.929. The Balaban J connectivity index is 2.48. The molecule has 1 aliphatic heterocycles. The van der Waals surface area contributed by atoms with Crippen molar-refractivity contribution in [3.8, 4) is 0 Å². The van der Waals surface area contributed by atoms with E-state index in [2.05, 4.69) is 38.3 Å². The summed E-state index contributed by atoms with van der Waals surface area (Å²) in [5, 5.41) is 6.50. The highest BCUT2D eigenvalue weighted by Gasteiger charge is 2.25. The van der Waals surface area contributed by atoms with Crippen LogP contribution in [0.2, 0.25) is 0 Å². The van der Waals surface area contributed by atoms with Crippen LogP contribution in [-0.4, -0.2) is 24.5 Å². The van der Waals surface area contributed by atoms with Crippen molar-refractivity contribution in [3.63, 3.8) is 0 Å². The molecular formula is C14H28N2O. The Kier molecular flexibility index (Phi) is 5.96. The van der Waals surface area contributed by atoms with Crippen molar-refractivity contribution in [3.05, 3.63) is 0 Å². The van der Waals surface area contributed by atoms with Gasteiger partial charge in [0.25, 0.3) is 0 Å². The zero-order chi connectivity index (χ0) is 12.8. The molecule has 0 aromatic rings. The number of piperidine rings is 1. The molecule has 0 aliphatic carbocycles. The monoisotopic (exact) mass is 240 g/mol. The molecule has 3 nitrogen and oxygen atoms in total. The van der Waals surface area contributed by atoms with Crippen molar-refractivity contribution in [1.82, 2.24) is 10.6 Å². The van der Waals surface area contributed by atoms with Gasteiger partial charge in [-0.25, -0.2) is 0 Å². The van der Waals surface area contributed by atoms with Crippen LogP contribution in [0.3, 0.4) is 0 Å². The predicted octanol–water partition coefficient (Wildman–Crippen LogP) is 2.32. The Labute approximate surface area is 106 Å². The Morgan fingerprint density at radius 3 is 2.29 bits per heavy atom. The second-order valence-electron chi connectivity index (χ2n) is 6.11. The zero-order valence-electron chi connectivity index (χ0n) is 11.8. The van der Waals surface area contributed by atoms with E-state index in [0.29, 0.717) is 17.9 Å². The normalized spacial score (nSPS) is 21.4. The third-order valence-electron chi connectivity index (χ3n) is 3.23. The Morgan fingerprint density at radius 2 is 1.82 bits per heavy atom. The van der Waals surface area contributed by atoms with Crippen LogP contribution in [0.5, 0.6) is 0 Å². The lowest BCUT2D eigenvalue weighted by molar-refractivity contribution is -0.124. The highest BCUT2D eigenvalue weighted by atomic mass is 16.2. The number of amides is 1. The van der Waals surface area contributed by atoms with Gasteiger partial charge in [0.05, 0.1) is 6.04 Å². The first-order valence-corrected chi connectivity index (χ1v) is 7.02. The Morgan fingerprint density at radius 1 is 1.24 bits per heavy atom. The smallest absolute Gasteiger partial charge is 0.237 e. The molecule has 0 aromatic heterocycles. The summed E-state index contributed by atoms with van der Waals surface area (Å²) >= 11 is 0. The lowest BCUT2D eigenvalue weighted by Gasteiger charge is -2.30. The van der Waals surface area contributed by atoms with E-state index in [4.69, 9.17) is 0 Å². The average molecular weight is 240 g/mol. The second kappa shape index (κ2) is 7.00. The molecule has 1 fully saturated rings. The largest absolute Gasteiger partial charge is 0.355 e. The van der Waals surface area contributed by atoms with E-state index in [1.54, 1.807) is 0 Å². The molecule has 0 spiro atoms. The summed E-state index contributed by atoms with van der Waals surface area (Å²) in [6.45, 7) is 9.83. The van der Waals surface area contributed by atoms with Crippen molar-refractivity contribution in [2.45, 2.75) is 65.5 Å². The fourth-order valence-electron chi connectivity index (χ4n) is 2.59. The van der Waals surface area contributed by atoms with Crippen LogP contribution in [0.25, 0.3) is 0 Å². The molecular weight excluding hydrogens is 212 g/mol. The van der Waals surface area contributed by atoms with Crippen molar-refractivity contribution in [2.24, 2.45) is 11.8 Å². The summed E-state index contributed by atoms with van der Waals surface area (Å²) in [7, 11) is 0. The molecule has 3 heteroatoms. The molecule has 2 N–H and O–H groups in total. The quantitative estimate of drug-likeness (QED) is 0.748. The standard InChI is InChI=1S/C14H28N2O/c1-10(2)8-12(9-11(3)4)16-13-6-5-7-15-14(13)17/h10-13,16H,5-9H2,1-4H3,(H,15,17). The highest BCUT2D eigenvalue weighted by molar-refractivity contribution is 5.82. The van der Waals surface area contributed by atoms with E-state index in [0.717, 1.165) is 32.2 Å². The van der Waals surface area contributed by atoms with E-state index >= 15 is 0 Å². The molecule has 0 radical (unpaired) electrons. The topological polar surface area (TPSA) is 41.1 Å². The van der Waals surface area contributed by atoms with Gasteiger partial charge in [0, 0.05) is 12.6 Å². The van der Waals surface area contributed by atoms with Crippen molar-refractivity contribution < 1.29 is 4.79 Å². The van der Waals surface area contributed by atoms with E-state index in [1.807, 2.05) is 0 Å². The molecule has 0 saturated carbocycles. The van der Waals surface area contributed by atoms with Crippen LogP contribution < -0.4 is 10.6 Å². The molecule has 0 bridgehead atoms. The van der Waals surface area contributed by atoms with Gasteiger partial charge in [-0.2, -0.15) is 0 Å². The van der Waals surface area contributed by atoms with Crippen LogP contribution in [0.15, 0.2) is 0 Å². The third-order valence-corrected chi connectivity index (χ3v) is 3.23. The molecule has 17 heavy (non-hydrogen) atoms. The summed E-state index contributed by atoms with van der Waals surface area (Å²) in [5.41, 5.74) is 0. The van der Waals surface area contributed by atoms with Crippen LogP contribution in [0.4, 0.5) is 0 Å². The number of hydrogen-bond acceptors (Lipinski definition) is 2. The van der Waals surface area contributed by atoms with E-state index in [9.17, 15) is 4.79 Å². The van der Waals surface area contributed by atoms with Crippen LogP contribution in [-0.2, 0) is 4.79 Å². The number of hydrogen-bond donors (Lipinski definition) is 2. The van der Waals surface area contributed by atoms with Gasteiger partial charge < -0.3 is 10.6 Å². The molecule has 0 aromatic carbocycles. The van der Waals surface area contributed by atoms with Crippen LogP contribution in [0.1, 0.15) is 53.4 Å². The maximum atomic E-state index is 11.7. The third kappa shape index (κ3) is 5.53. The maximum absolute atomic E-state index is 11.7. The molecule has 1 aliphatic rings. The molecule has 1 unspecified atom stereocenters. The van der Waals surface area contributed by atoms with Crippen LogP contribution in [0, 0.1) is 11.8 Å². The number of rotatable bonds is 6. The van der Waals surface area contributed by atoms with Gasteiger partial charge in [0.1, 0.15) is 0 Å². The number of carbonyl (C=O) groups is 1. The predicted molar refractivity (Wildman–Crippen MR) is 71.9 cm³/mol. The van der Waals surface area contributed by atoms with Gasteiger partial charge in [-0.1, -0.05) is 27.7 Å². The summed E-state index contributed by atoms with van der Waals surface area (Å²) in [4.78, 5) is 11.7. The minimum Gasteiger partial charge on any atom is -0.355 e. The van der Waals surface area contributed by atoms with Gasteiger partial charge in [-0.3, -0.25) is 4.79 Å². The molecule has 100 valence electrons. The summed E-state index contributed by atoms with van der Waals surface area (Å²) in [5.74, 6) is 1.55. The van der Waals surface area contributed by atoms with E-state index < -0.39 is 0 Å². The SMILES string of the molecule is CC(C)CC(CC(C)C)NC1CCCNC1=O. The second-order valence-corrected chi connectivity index (χ2v) is 6.11. The maximum Gasteiger partial charge on any atom is 0.237 e.